The molecule has 0 saturated carbocycles. The molecule has 1 fully saturated rings. The molecule has 0 bridgehead atoms. The van der Waals surface area contributed by atoms with Gasteiger partial charge < -0.3 is 5.73 Å². The minimum absolute atomic E-state index is 0.142. The van der Waals surface area contributed by atoms with Crippen LogP contribution in [0.4, 0.5) is 0 Å². The van der Waals surface area contributed by atoms with Crippen LogP contribution in [0, 0.1) is 5.92 Å². The van der Waals surface area contributed by atoms with Gasteiger partial charge in [0.15, 0.2) is 0 Å². The Morgan fingerprint density at radius 3 is 2.50 bits per heavy atom. The lowest BCUT2D eigenvalue weighted by Gasteiger charge is -2.21. The largest absolute Gasteiger partial charge is 0.328 e. The molecule has 0 spiro atoms. The maximum Gasteiger partial charge on any atom is 0.226 e. The van der Waals surface area contributed by atoms with Gasteiger partial charge in [0.2, 0.25) is 11.8 Å². The molecule has 4 nitrogen and oxygen atoms in total. The van der Waals surface area contributed by atoms with Crippen LogP contribution in [0.3, 0.4) is 0 Å². The van der Waals surface area contributed by atoms with E-state index in [-0.39, 0.29) is 23.8 Å². The van der Waals surface area contributed by atoms with Gasteiger partial charge in [0.1, 0.15) is 0 Å². The van der Waals surface area contributed by atoms with Crippen molar-refractivity contribution in [3.05, 3.63) is 0 Å². The van der Waals surface area contributed by atoms with Crippen molar-refractivity contribution in [3.8, 4) is 0 Å². The number of hydrogen-bond donors (Lipinski definition) is 2. The molecule has 0 aromatic carbocycles. The third-order valence-corrected chi connectivity index (χ3v) is 2.70. The van der Waals surface area contributed by atoms with Crippen LogP contribution in [0.2, 0.25) is 0 Å². The monoisotopic (exact) mass is 198 g/mol. The molecule has 2 amide bonds. The van der Waals surface area contributed by atoms with Crippen LogP contribution >= 0.6 is 0 Å². The zero-order valence-electron chi connectivity index (χ0n) is 8.58. The van der Waals surface area contributed by atoms with Crippen LogP contribution in [0.1, 0.15) is 39.0 Å². The molecule has 0 aliphatic carbocycles. The summed E-state index contributed by atoms with van der Waals surface area (Å²) in [6, 6.07) is 0.204. The summed E-state index contributed by atoms with van der Waals surface area (Å²) in [6.07, 6.45) is 3.69. The van der Waals surface area contributed by atoms with E-state index in [1.165, 1.54) is 0 Å². The van der Waals surface area contributed by atoms with Crippen LogP contribution in [0.15, 0.2) is 0 Å². The van der Waals surface area contributed by atoms with Gasteiger partial charge in [-0.15, -0.1) is 0 Å². The zero-order chi connectivity index (χ0) is 10.6. The molecule has 1 atom stereocenters. The fraction of sp³-hybridized carbons (Fsp3) is 0.800. The summed E-state index contributed by atoms with van der Waals surface area (Å²) < 4.78 is 0. The number of imide groups is 1. The summed E-state index contributed by atoms with van der Waals surface area (Å²) >= 11 is 0. The van der Waals surface area contributed by atoms with Crippen molar-refractivity contribution >= 4 is 11.8 Å². The molecule has 0 aromatic rings. The average molecular weight is 198 g/mol. The summed E-state index contributed by atoms with van der Waals surface area (Å²) in [6.45, 7) is 2.05. The number of carbonyl (C=O) groups is 2. The number of piperidine rings is 1. The van der Waals surface area contributed by atoms with Crippen LogP contribution < -0.4 is 11.1 Å². The maximum atomic E-state index is 11.0. The molecule has 1 heterocycles. The third-order valence-electron chi connectivity index (χ3n) is 2.70. The van der Waals surface area contributed by atoms with Crippen molar-refractivity contribution in [2.75, 3.05) is 0 Å². The Balaban J connectivity index is 2.30. The summed E-state index contributed by atoms with van der Waals surface area (Å²) in [5.74, 6) is -0.0820. The highest BCUT2D eigenvalue weighted by Gasteiger charge is 2.24. The molecule has 80 valence electrons. The molecule has 3 N–H and O–H groups in total. The van der Waals surface area contributed by atoms with E-state index in [9.17, 15) is 9.59 Å². The Hall–Kier alpha value is -0.900. The quantitative estimate of drug-likeness (QED) is 0.648. The predicted octanol–water partition coefficient (Wildman–Crippen LogP) is 0.557. The van der Waals surface area contributed by atoms with Crippen molar-refractivity contribution in [2.45, 2.75) is 45.1 Å². The molecule has 14 heavy (non-hydrogen) atoms. The van der Waals surface area contributed by atoms with Crippen molar-refractivity contribution in [2.24, 2.45) is 11.7 Å². The Labute approximate surface area is 84.2 Å². The molecule has 1 saturated heterocycles. The topological polar surface area (TPSA) is 72.2 Å². The molecule has 4 heteroatoms. The Bertz CT molecular complexity index is 212. The van der Waals surface area contributed by atoms with Crippen molar-refractivity contribution in [3.63, 3.8) is 0 Å². The van der Waals surface area contributed by atoms with Gasteiger partial charge in [-0.25, -0.2) is 0 Å². The highest BCUT2D eigenvalue weighted by molar-refractivity contribution is 5.97. The first-order valence-corrected chi connectivity index (χ1v) is 5.20. The van der Waals surface area contributed by atoms with Gasteiger partial charge in [-0.05, 0) is 25.2 Å². The molecule has 0 aromatic heterocycles. The van der Waals surface area contributed by atoms with Crippen LogP contribution in [0.5, 0.6) is 0 Å². The number of amides is 2. The van der Waals surface area contributed by atoms with Crippen molar-refractivity contribution in [1.29, 1.82) is 0 Å². The van der Waals surface area contributed by atoms with Gasteiger partial charge in [0, 0.05) is 18.9 Å². The van der Waals surface area contributed by atoms with E-state index < -0.39 is 0 Å². The first-order valence-electron chi connectivity index (χ1n) is 5.20. The number of rotatable bonds is 4. The van der Waals surface area contributed by atoms with Crippen LogP contribution in [0.25, 0.3) is 0 Å². The van der Waals surface area contributed by atoms with Gasteiger partial charge in [0.25, 0.3) is 0 Å². The Kier molecular flexibility index (Phi) is 4.07. The first kappa shape index (κ1) is 11.2. The van der Waals surface area contributed by atoms with E-state index >= 15 is 0 Å². The maximum absolute atomic E-state index is 11.0. The number of carbonyl (C=O) groups excluding carboxylic acids is 2. The lowest BCUT2D eigenvalue weighted by molar-refractivity contribution is -0.134. The van der Waals surface area contributed by atoms with Gasteiger partial charge in [0.05, 0.1) is 0 Å². The molecule has 1 rings (SSSR count). The van der Waals surface area contributed by atoms with E-state index in [0.717, 1.165) is 19.3 Å². The second-order valence-electron chi connectivity index (χ2n) is 3.99. The highest BCUT2D eigenvalue weighted by Crippen LogP contribution is 2.20. The summed E-state index contributed by atoms with van der Waals surface area (Å²) in [7, 11) is 0. The van der Waals surface area contributed by atoms with Crippen molar-refractivity contribution in [1.82, 2.24) is 5.32 Å². The van der Waals surface area contributed by atoms with E-state index in [4.69, 9.17) is 5.73 Å². The fourth-order valence-corrected chi connectivity index (χ4v) is 1.71. The summed E-state index contributed by atoms with van der Waals surface area (Å²) in [4.78, 5) is 22.1. The summed E-state index contributed by atoms with van der Waals surface area (Å²) in [5.41, 5.74) is 5.77. The van der Waals surface area contributed by atoms with E-state index in [2.05, 4.69) is 5.32 Å². The second kappa shape index (κ2) is 5.10. The van der Waals surface area contributed by atoms with Gasteiger partial charge in [-0.1, -0.05) is 6.92 Å². The minimum atomic E-state index is -0.142. The molecule has 1 aliphatic rings. The third kappa shape index (κ3) is 3.46. The number of hydrogen-bond acceptors (Lipinski definition) is 3. The SMILES string of the molecule is CCC(N)CCC1CC(=O)NC(=O)C1. The average Bonchev–Trinajstić information content (AvgIpc) is 2.12. The lowest BCUT2D eigenvalue weighted by Crippen LogP contribution is -2.38. The first-order chi connectivity index (χ1) is 6.61. The fourth-order valence-electron chi connectivity index (χ4n) is 1.71. The minimum Gasteiger partial charge on any atom is -0.328 e. The number of nitrogens with one attached hydrogen (secondary N) is 1. The highest BCUT2D eigenvalue weighted by atomic mass is 16.2. The van der Waals surface area contributed by atoms with Gasteiger partial charge in [-0.2, -0.15) is 0 Å². The molecule has 0 radical (unpaired) electrons. The van der Waals surface area contributed by atoms with Gasteiger partial charge in [-0.3, -0.25) is 14.9 Å². The normalized spacial score (nSPS) is 20.7. The van der Waals surface area contributed by atoms with Crippen molar-refractivity contribution < 1.29 is 9.59 Å². The molecule has 1 unspecified atom stereocenters. The Morgan fingerprint density at radius 1 is 1.43 bits per heavy atom. The Morgan fingerprint density at radius 2 is 2.00 bits per heavy atom. The standard InChI is InChI=1S/C10H18N2O2/c1-2-8(11)4-3-7-5-9(13)12-10(14)6-7/h7-8H,2-6,11H2,1H3,(H,12,13,14). The van der Waals surface area contributed by atoms with Crippen LogP contribution in [-0.4, -0.2) is 17.9 Å². The zero-order valence-corrected chi connectivity index (χ0v) is 8.58. The van der Waals surface area contributed by atoms with Crippen LogP contribution in [-0.2, 0) is 9.59 Å². The predicted molar refractivity (Wildman–Crippen MR) is 53.4 cm³/mol. The second-order valence-corrected chi connectivity index (χ2v) is 3.99. The lowest BCUT2D eigenvalue weighted by atomic mass is 9.90. The van der Waals surface area contributed by atoms with E-state index in [1.54, 1.807) is 0 Å². The molecular formula is C10H18N2O2. The smallest absolute Gasteiger partial charge is 0.226 e. The number of nitrogens with two attached hydrogens (primary N) is 1. The molecular weight excluding hydrogens is 180 g/mol. The summed E-state index contributed by atoms with van der Waals surface area (Å²) in [5, 5.41) is 2.30. The van der Waals surface area contributed by atoms with E-state index in [0.29, 0.717) is 12.8 Å². The van der Waals surface area contributed by atoms with Gasteiger partial charge >= 0.3 is 0 Å². The van der Waals surface area contributed by atoms with E-state index in [1.807, 2.05) is 6.92 Å². The molecule has 1 aliphatic heterocycles.